The molecule has 0 aromatic heterocycles. The molecule has 0 fully saturated rings. The fourth-order valence-corrected chi connectivity index (χ4v) is 3.34. The van der Waals surface area contributed by atoms with Crippen LogP contribution in [0.5, 0.6) is 11.5 Å². The van der Waals surface area contributed by atoms with Gasteiger partial charge in [-0.05, 0) is 57.6 Å². The van der Waals surface area contributed by atoms with Crippen molar-refractivity contribution in [2.24, 2.45) is 0 Å². The van der Waals surface area contributed by atoms with E-state index in [2.05, 4.69) is 27.9 Å². The van der Waals surface area contributed by atoms with Crippen LogP contribution < -0.4 is 14.8 Å². The van der Waals surface area contributed by atoms with Crippen molar-refractivity contribution in [1.82, 2.24) is 0 Å². The van der Waals surface area contributed by atoms with Crippen molar-refractivity contribution in [2.45, 2.75) is 0 Å². The largest absolute Gasteiger partial charge is 0.493 e. The fraction of sp³-hybridized carbons (Fsp3) is 0.105. The van der Waals surface area contributed by atoms with Gasteiger partial charge >= 0.3 is 0 Å². The van der Waals surface area contributed by atoms with Gasteiger partial charge < -0.3 is 14.8 Å². The van der Waals surface area contributed by atoms with Crippen LogP contribution in [0.4, 0.5) is 5.69 Å². The second-order valence-electron chi connectivity index (χ2n) is 5.21. The standard InChI is InChI=1S/C19H16INO3/c1-23-17-11-14(10-16(20)18(17)24-2)19(22)21-15-8-7-12-5-3-4-6-13(12)9-15/h3-11H,1-2H3,(H,21,22). The summed E-state index contributed by atoms with van der Waals surface area (Å²) in [5, 5.41) is 5.14. The second kappa shape index (κ2) is 7.09. The number of hydrogen-bond donors (Lipinski definition) is 1. The van der Waals surface area contributed by atoms with E-state index in [1.54, 1.807) is 26.4 Å². The van der Waals surface area contributed by atoms with E-state index >= 15 is 0 Å². The molecule has 0 atom stereocenters. The number of anilines is 1. The van der Waals surface area contributed by atoms with Crippen LogP contribution in [0.3, 0.4) is 0 Å². The minimum absolute atomic E-state index is 0.191. The fourth-order valence-electron chi connectivity index (χ4n) is 2.52. The van der Waals surface area contributed by atoms with E-state index in [0.717, 1.165) is 20.0 Å². The van der Waals surface area contributed by atoms with Crippen molar-refractivity contribution < 1.29 is 14.3 Å². The van der Waals surface area contributed by atoms with Crippen LogP contribution in [0.25, 0.3) is 10.8 Å². The van der Waals surface area contributed by atoms with Gasteiger partial charge in [0.1, 0.15) is 0 Å². The maximum atomic E-state index is 12.6. The monoisotopic (exact) mass is 433 g/mol. The van der Waals surface area contributed by atoms with Gasteiger partial charge in [-0.2, -0.15) is 0 Å². The van der Waals surface area contributed by atoms with Gasteiger partial charge in [0.2, 0.25) is 0 Å². The summed E-state index contributed by atoms with van der Waals surface area (Å²) in [4.78, 5) is 12.6. The average molecular weight is 433 g/mol. The molecule has 4 nitrogen and oxygen atoms in total. The number of carbonyl (C=O) groups is 1. The van der Waals surface area contributed by atoms with Gasteiger partial charge in [0, 0.05) is 11.3 Å². The molecule has 0 saturated heterocycles. The number of benzene rings is 3. The summed E-state index contributed by atoms with van der Waals surface area (Å²) < 4.78 is 11.4. The van der Waals surface area contributed by atoms with Crippen LogP contribution in [0.15, 0.2) is 54.6 Å². The van der Waals surface area contributed by atoms with Crippen molar-refractivity contribution >= 4 is 45.0 Å². The highest BCUT2D eigenvalue weighted by atomic mass is 127. The van der Waals surface area contributed by atoms with E-state index in [-0.39, 0.29) is 5.91 Å². The van der Waals surface area contributed by atoms with Crippen molar-refractivity contribution in [3.8, 4) is 11.5 Å². The van der Waals surface area contributed by atoms with Gasteiger partial charge in [-0.25, -0.2) is 0 Å². The molecule has 5 heteroatoms. The first-order valence-electron chi connectivity index (χ1n) is 7.34. The molecule has 1 amide bonds. The van der Waals surface area contributed by atoms with Gasteiger partial charge in [-0.1, -0.05) is 30.3 Å². The van der Waals surface area contributed by atoms with Crippen molar-refractivity contribution in [3.63, 3.8) is 0 Å². The number of ether oxygens (including phenoxy) is 2. The van der Waals surface area contributed by atoms with E-state index in [4.69, 9.17) is 9.47 Å². The zero-order chi connectivity index (χ0) is 17.1. The lowest BCUT2D eigenvalue weighted by Crippen LogP contribution is -2.12. The summed E-state index contributed by atoms with van der Waals surface area (Å²) in [5.74, 6) is 0.970. The molecular formula is C19H16INO3. The van der Waals surface area contributed by atoms with Gasteiger partial charge in [0.05, 0.1) is 17.8 Å². The Morgan fingerprint density at radius 2 is 1.71 bits per heavy atom. The second-order valence-corrected chi connectivity index (χ2v) is 6.37. The lowest BCUT2D eigenvalue weighted by atomic mass is 10.1. The lowest BCUT2D eigenvalue weighted by molar-refractivity contribution is 0.102. The van der Waals surface area contributed by atoms with Crippen LogP contribution in [-0.2, 0) is 0 Å². The molecule has 0 bridgehead atoms. The third-order valence-corrected chi connectivity index (χ3v) is 4.50. The zero-order valence-corrected chi connectivity index (χ0v) is 15.5. The van der Waals surface area contributed by atoms with Crippen LogP contribution >= 0.6 is 22.6 Å². The normalized spacial score (nSPS) is 10.5. The molecule has 0 heterocycles. The Morgan fingerprint density at radius 3 is 2.42 bits per heavy atom. The highest BCUT2D eigenvalue weighted by Gasteiger charge is 2.15. The number of methoxy groups -OCH3 is 2. The number of halogens is 1. The molecule has 0 saturated carbocycles. The van der Waals surface area contributed by atoms with Gasteiger partial charge in [0.15, 0.2) is 11.5 Å². The number of fused-ring (bicyclic) bond motifs is 1. The molecule has 0 spiro atoms. The van der Waals surface area contributed by atoms with Crippen LogP contribution in [0, 0.1) is 3.57 Å². The summed E-state index contributed by atoms with van der Waals surface area (Å²) in [6.07, 6.45) is 0. The molecule has 0 unspecified atom stereocenters. The number of carbonyl (C=O) groups excluding carboxylic acids is 1. The molecule has 3 aromatic carbocycles. The molecular weight excluding hydrogens is 417 g/mol. The van der Waals surface area contributed by atoms with E-state index in [1.165, 1.54) is 0 Å². The number of hydrogen-bond acceptors (Lipinski definition) is 3. The van der Waals surface area contributed by atoms with Gasteiger partial charge in [-0.3, -0.25) is 4.79 Å². The summed E-state index contributed by atoms with van der Waals surface area (Å²) in [6, 6.07) is 17.3. The average Bonchev–Trinajstić information content (AvgIpc) is 2.60. The maximum Gasteiger partial charge on any atom is 0.255 e. The van der Waals surface area contributed by atoms with Gasteiger partial charge in [0.25, 0.3) is 5.91 Å². The van der Waals surface area contributed by atoms with Crippen LogP contribution in [-0.4, -0.2) is 20.1 Å². The lowest BCUT2D eigenvalue weighted by Gasteiger charge is -2.12. The summed E-state index contributed by atoms with van der Waals surface area (Å²) in [5.41, 5.74) is 1.27. The summed E-state index contributed by atoms with van der Waals surface area (Å²) in [7, 11) is 3.13. The molecule has 0 aliphatic rings. The molecule has 122 valence electrons. The van der Waals surface area contributed by atoms with Crippen LogP contribution in [0.1, 0.15) is 10.4 Å². The van der Waals surface area contributed by atoms with E-state index in [0.29, 0.717) is 17.1 Å². The van der Waals surface area contributed by atoms with Crippen LogP contribution in [0.2, 0.25) is 0 Å². The smallest absolute Gasteiger partial charge is 0.255 e. The van der Waals surface area contributed by atoms with Crippen molar-refractivity contribution in [1.29, 1.82) is 0 Å². The van der Waals surface area contributed by atoms with Crippen molar-refractivity contribution in [2.75, 3.05) is 19.5 Å². The predicted octanol–water partition coefficient (Wildman–Crippen LogP) is 4.71. The maximum absolute atomic E-state index is 12.6. The number of rotatable bonds is 4. The Morgan fingerprint density at radius 1 is 0.958 bits per heavy atom. The number of nitrogens with one attached hydrogen (secondary N) is 1. The minimum Gasteiger partial charge on any atom is -0.493 e. The quantitative estimate of drug-likeness (QED) is 0.607. The third-order valence-electron chi connectivity index (χ3n) is 3.70. The zero-order valence-electron chi connectivity index (χ0n) is 13.3. The SMILES string of the molecule is COc1cc(C(=O)Nc2ccc3ccccc3c2)cc(I)c1OC. The minimum atomic E-state index is -0.191. The predicted molar refractivity (Wildman–Crippen MR) is 104 cm³/mol. The Labute approximate surface area is 153 Å². The molecule has 3 aromatic rings. The van der Waals surface area contributed by atoms with Crippen molar-refractivity contribution in [3.05, 3.63) is 63.7 Å². The first-order valence-corrected chi connectivity index (χ1v) is 8.42. The third kappa shape index (κ3) is 3.31. The topological polar surface area (TPSA) is 47.6 Å². The van der Waals surface area contributed by atoms with E-state index < -0.39 is 0 Å². The first-order chi connectivity index (χ1) is 11.6. The number of amides is 1. The molecule has 0 aliphatic carbocycles. The molecule has 24 heavy (non-hydrogen) atoms. The van der Waals surface area contributed by atoms with E-state index in [9.17, 15) is 4.79 Å². The highest BCUT2D eigenvalue weighted by Crippen LogP contribution is 2.33. The highest BCUT2D eigenvalue weighted by molar-refractivity contribution is 14.1. The van der Waals surface area contributed by atoms with Gasteiger partial charge in [-0.15, -0.1) is 0 Å². The Bertz CT molecular complexity index is 908. The Kier molecular flexibility index (Phi) is 4.89. The Balaban J connectivity index is 1.89. The molecule has 3 rings (SSSR count). The van der Waals surface area contributed by atoms with E-state index in [1.807, 2.05) is 42.5 Å². The molecule has 0 aliphatic heterocycles. The summed E-state index contributed by atoms with van der Waals surface area (Å²) in [6.45, 7) is 0. The summed E-state index contributed by atoms with van der Waals surface area (Å²) >= 11 is 2.13. The Hall–Kier alpha value is -2.28. The molecule has 0 radical (unpaired) electrons. The molecule has 1 N–H and O–H groups in total. The first kappa shape index (κ1) is 16.6.